The van der Waals surface area contributed by atoms with Gasteiger partial charge in [-0.2, -0.15) is 5.26 Å². The normalized spacial score (nSPS) is 15.8. The van der Waals surface area contributed by atoms with Crippen LogP contribution in [0.25, 0.3) is 0 Å². The molecule has 1 fully saturated rings. The molecule has 1 aliphatic rings. The summed E-state index contributed by atoms with van der Waals surface area (Å²) >= 11 is 1.66. The number of hydrogen-bond acceptors (Lipinski definition) is 5. The highest BCUT2D eigenvalue weighted by molar-refractivity contribution is 7.10. The third-order valence-electron chi connectivity index (χ3n) is 5.59. The molecule has 0 radical (unpaired) electrons. The van der Waals surface area contributed by atoms with Gasteiger partial charge in [0.15, 0.2) is 0 Å². The fourth-order valence-corrected chi connectivity index (χ4v) is 4.68. The summed E-state index contributed by atoms with van der Waals surface area (Å²) in [6.45, 7) is 4.90. The lowest BCUT2D eigenvalue weighted by atomic mass is 10.1. The SMILES string of the molecule is N#Cc1ccc(CN2CCN(CC(=O)N[C@@H](c3ccccc3)c3cccs3)CC2)cc1. The summed E-state index contributed by atoms with van der Waals surface area (Å²) in [5.74, 6) is 0.0581. The Balaban J connectivity index is 1.28. The lowest BCUT2D eigenvalue weighted by Crippen LogP contribution is -2.49. The number of carbonyl (C=O) groups excluding carboxylic acids is 1. The molecule has 3 aromatic rings. The van der Waals surface area contributed by atoms with Crippen molar-refractivity contribution in [1.82, 2.24) is 15.1 Å². The summed E-state index contributed by atoms with van der Waals surface area (Å²) < 4.78 is 0. The maximum absolute atomic E-state index is 12.8. The summed E-state index contributed by atoms with van der Waals surface area (Å²) in [4.78, 5) is 18.6. The van der Waals surface area contributed by atoms with Crippen molar-refractivity contribution in [3.8, 4) is 6.07 Å². The molecule has 6 heteroatoms. The molecule has 5 nitrogen and oxygen atoms in total. The molecule has 1 aliphatic heterocycles. The number of rotatable bonds is 7. The quantitative estimate of drug-likeness (QED) is 0.622. The second-order valence-electron chi connectivity index (χ2n) is 7.79. The molecule has 0 saturated carbocycles. The van der Waals surface area contributed by atoms with Crippen LogP contribution in [0.1, 0.15) is 27.6 Å². The molecule has 2 aromatic carbocycles. The van der Waals surface area contributed by atoms with Crippen LogP contribution in [0.15, 0.2) is 72.1 Å². The minimum Gasteiger partial charge on any atom is -0.343 e. The highest BCUT2D eigenvalue weighted by Gasteiger charge is 2.22. The average molecular weight is 431 g/mol. The summed E-state index contributed by atoms with van der Waals surface area (Å²) in [5.41, 5.74) is 3.01. The van der Waals surface area contributed by atoms with Gasteiger partial charge in [-0.05, 0) is 34.7 Å². The monoisotopic (exact) mass is 430 g/mol. The summed E-state index contributed by atoms with van der Waals surface area (Å²) in [7, 11) is 0. The maximum Gasteiger partial charge on any atom is 0.234 e. The first kappa shape index (κ1) is 21.3. The van der Waals surface area contributed by atoms with E-state index in [9.17, 15) is 4.79 Å². The lowest BCUT2D eigenvalue weighted by Gasteiger charge is -2.34. The minimum atomic E-state index is -0.105. The van der Waals surface area contributed by atoms with E-state index in [0.29, 0.717) is 12.1 Å². The predicted octanol–water partition coefficient (Wildman–Crippen LogP) is 3.64. The molecule has 1 saturated heterocycles. The van der Waals surface area contributed by atoms with Gasteiger partial charge in [0.25, 0.3) is 0 Å². The number of benzene rings is 2. The highest BCUT2D eigenvalue weighted by Crippen LogP contribution is 2.25. The largest absolute Gasteiger partial charge is 0.343 e. The second-order valence-corrected chi connectivity index (χ2v) is 8.77. The predicted molar refractivity (Wildman–Crippen MR) is 124 cm³/mol. The van der Waals surface area contributed by atoms with Crippen molar-refractivity contribution in [3.05, 3.63) is 93.7 Å². The molecule has 2 heterocycles. The third-order valence-corrected chi connectivity index (χ3v) is 6.52. The summed E-state index contributed by atoms with van der Waals surface area (Å²) in [6.07, 6.45) is 0. The smallest absolute Gasteiger partial charge is 0.234 e. The molecule has 31 heavy (non-hydrogen) atoms. The topological polar surface area (TPSA) is 59.4 Å². The average Bonchev–Trinajstić information content (AvgIpc) is 3.34. The van der Waals surface area contributed by atoms with Gasteiger partial charge >= 0.3 is 0 Å². The molecule has 1 amide bonds. The number of nitriles is 1. The van der Waals surface area contributed by atoms with Gasteiger partial charge in [0.2, 0.25) is 5.91 Å². The fraction of sp³-hybridized carbons (Fsp3) is 0.280. The molecule has 1 aromatic heterocycles. The van der Waals surface area contributed by atoms with Crippen LogP contribution in [0.5, 0.6) is 0 Å². The molecule has 0 aliphatic carbocycles. The van der Waals surface area contributed by atoms with Crippen LogP contribution >= 0.6 is 11.3 Å². The van der Waals surface area contributed by atoms with Crippen LogP contribution < -0.4 is 5.32 Å². The van der Waals surface area contributed by atoms with E-state index >= 15 is 0 Å². The van der Waals surface area contributed by atoms with Crippen molar-refractivity contribution in [2.24, 2.45) is 0 Å². The van der Waals surface area contributed by atoms with Crippen molar-refractivity contribution >= 4 is 17.2 Å². The zero-order valence-electron chi connectivity index (χ0n) is 17.4. The van der Waals surface area contributed by atoms with Gasteiger partial charge < -0.3 is 5.32 Å². The van der Waals surface area contributed by atoms with E-state index in [1.165, 1.54) is 5.56 Å². The molecule has 0 unspecified atom stereocenters. The van der Waals surface area contributed by atoms with Crippen molar-refractivity contribution in [1.29, 1.82) is 5.26 Å². The Morgan fingerprint density at radius 2 is 1.68 bits per heavy atom. The van der Waals surface area contributed by atoms with Crippen LogP contribution in [0.2, 0.25) is 0 Å². The number of piperazine rings is 1. The van der Waals surface area contributed by atoms with E-state index < -0.39 is 0 Å². The van der Waals surface area contributed by atoms with Crippen molar-refractivity contribution in [3.63, 3.8) is 0 Å². The van der Waals surface area contributed by atoms with E-state index in [0.717, 1.165) is 43.2 Å². The lowest BCUT2D eigenvalue weighted by molar-refractivity contribution is -0.123. The van der Waals surface area contributed by atoms with Crippen molar-refractivity contribution in [2.45, 2.75) is 12.6 Å². The van der Waals surface area contributed by atoms with E-state index in [1.54, 1.807) is 11.3 Å². The van der Waals surface area contributed by atoms with Crippen LogP contribution in [0.3, 0.4) is 0 Å². The Hall–Kier alpha value is -2.98. The fourth-order valence-electron chi connectivity index (χ4n) is 3.88. The molecule has 1 N–H and O–H groups in total. The number of thiophene rings is 1. The molecule has 0 spiro atoms. The zero-order chi connectivity index (χ0) is 21.5. The number of amides is 1. The first-order valence-electron chi connectivity index (χ1n) is 10.5. The van der Waals surface area contributed by atoms with E-state index in [2.05, 4.69) is 39.4 Å². The maximum atomic E-state index is 12.8. The van der Waals surface area contributed by atoms with Crippen LogP contribution in [-0.2, 0) is 11.3 Å². The Morgan fingerprint density at radius 3 is 2.32 bits per heavy atom. The van der Waals surface area contributed by atoms with Crippen LogP contribution in [0.4, 0.5) is 0 Å². The number of carbonyl (C=O) groups is 1. The van der Waals surface area contributed by atoms with Gasteiger partial charge in [-0.1, -0.05) is 48.5 Å². The molecule has 0 bridgehead atoms. The second kappa shape index (κ2) is 10.4. The van der Waals surface area contributed by atoms with Gasteiger partial charge in [0, 0.05) is 37.6 Å². The van der Waals surface area contributed by atoms with Crippen molar-refractivity contribution in [2.75, 3.05) is 32.7 Å². The number of hydrogen-bond donors (Lipinski definition) is 1. The Kier molecular flexibility index (Phi) is 7.11. The molecule has 1 atom stereocenters. The van der Waals surface area contributed by atoms with Gasteiger partial charge in [-0.25, -0.2) is 0 Å². The van der Waals surface area contributed by atoms with Gasteiger partial charge in [-0.3, -0.25) is 14.6 Å². The highest BCUT2D eigenvalue weighted by atomic mass is 32.1. The molecular formula is C25H26N4OS. The summed E-state index contributed by atoms with van der Waals surface area (Å²) in [5, 5.41) is 14.2. The first-order chi connectivity index (χ1) is 15.2. The number of nitrogens with one attached hydrogen (secondary N) is 1. The van der Waals surface area contributed by atoms with Crippen LogP contribution in [-0.4, -0.2) is 48.4 Å². The Morgan fingerprint density at radius 1 is 0.968 bits per heavy atom. The molecular weight excluding hydrogens is 404 g/mol. The zero-order valence-corrected chi connectivity index (χ0v) is 18.2. The summed E-state index contributed by atoms with van der Waals surface area (Å²) in [6, 6.07) is 24.1. The van der Waals surface area contributed by atoms with Crippen LogP contribution in [0, 0.1) is 11.3 Å². The Labute approximate surface area is 187 Å². The Bertz CT molecular complexity index is 1000. The number of nitrogens with zero attached hydrogens (tertiary/aromatic N) is 3. The van der Waals surface area contributed by atoms with E-state index in [1.807, 2.05) is 53.9 Å². The molecule has 4 rings (SSSR count). The van der Waals surface area contributed by atoms with E-state index in [4.69, 9.17) is 5.26 Å². The first-order valence-corrected chi connectivity index (χ1v) is 11.4. The minimum absolute atomic E-state index is 0.0581. The van der Waals surface area contributed by atoms with Gasteiger partial charge in [-0.15, -0.1) is 11.3 Å². The van der Waals surface area contributed by atoms with Gasteiger partial charge in [0.1, 0.15) is 0 Å². The third kappa shape index (κ3) is 5.80. The molecule has 158 valence electrons. The van der Waals surface area contributed by atoms with Crippen molar-refractivity contribution < 1.29 is 4.79 Å². The van der Waals surface area contributed by atoms with Gasteiger partial charge in [0.05, 0.1) is 24.2 Å². The van der Waals surface area contributed by atoms with E-state index in [-0.39, 0.29) is 11.9 Å². The standard InChI is InChI=1S/C25H26N4OS/c26-17-20-8-10-21(11-9-20)18-28-12-14-29(15-13-28)19-24(30)27-25(23-7-4-16-31-23)22-5-2-1-3-6-22/h1-11,16,25H,12-15,18-19H2,(H,27,30)/t25-/m0/s1.